The summed E-state index contributed by atoms with van der Waals surface area (Å²) in [5.74, 6) is 0.0661. The van der Waals surface area contributed by atoms with E-state index in [1.54, 1.807) is 6.07 Å². The Morgan fingerprint density at radius 3 is 2.74 bits per heavy atom. The minimum Gasteiger partial charge on any atom is -0.490 e. The van der Waals surface area contributed by atoms with Crippen LogP contribution >= 0.6 is 0 Å². The molecule has 2 N–H and O–H groups in total. The Kier molecular flexibility index (Phi) is 8.18. The van der Waals surface area contributed by atoms with Gasteiger partial charge in [0.15, 0.2) is 11.6 Å². The van der Waals surface area contributed by atoms with E-state index in [1.165, 1.54) is 6.07 Å². The van der Waals surface area contributed by atoms with Crippen LogP contribution in [0.25, 0.3) is 0 Å². The predicted molar refractivity (Wildman–Crippen MR) is 74.8 cm³/mol. The molecule has 0 saturated carbocycles. The van der Waals surface area contributed by atoms with Gasteiger partial charge in [0.1, 0.15) is 0 Å². The summed E-state index contributed by atoms with van der Waals surface area (Å²) in [5, 5.41) is 11.8. The first-order valence-electron chi connectivity index (χ1n) is 7.01. The topological polar surface area (TPSA) is 41.5 Å². The van der Waals surface area contributed by atoms with Gasteiger partial charge in [-0.1, -0.05) is 25.5 Å². The Labute approximate surface area is 114 Å². The van der Waals surface area contributed by atoms with Gasteiger partial charge >= 0.3 is 0 Å². The van der Waals surface area contributed by atoms with Gasteiger partial charge in [-0.2, -0.15) is 0 Å². The van der Waals surface area contributed by atoms with Crippen LogP contribution in [0, 0.1) is 5.82 Å². The lowest BCUT2D eigenvalue weighted by Gasteiger charge is -2.12. The lowest BCUT2D eigenvalue weighted by Crippen LogP contribution is -2.13. The van der Waals surface area contributed by atoms with Gasteiger partial charge in [0, 0.05) is 18.7 Å². The van der Waals surface area contributed by atoms with Crippen molar-refractivity contribution in [2.45, 2.75) is 39.2 Å². The summed E-state index contributed by atoms with van der Waals surface area (Å²) in [7, 11) is 0. The molecule has 1 rings (SSSR count). The maximum Gasteiger partial charge on any atom is 0.165 e. The second kappa shape index (κ2) is 9.75. The lowest BCUT2D eigenvalue weighted by atomic mass is 10.2. The first kappa shape index (κ1) is 15.9. The van der Waals surface area contributed by atoms with Crippen molar-refractivity contribution < 1.29 is 14.2 Å². The second-order valence-electron chi connectivity index (χ2n) is 4.49. The van der Waals surface area contributed by atoms with Crippen LogP contribution in [0.1, 0.15) is 38.2 Å². The molecule has 0 bridgehead atoms. The van der Waals surface area contributed by atoms with Crippen molar-refractivity contribution in [3.05, 3.63) is 29.6 Å². The van der Waals surface area contributed by atoms with Crippen molar-refractivity contribution >= 4 is 0 Å². The standard InChI is InChI=1S/C15H24FNO2/c1-2-17-12-13-8-7-9-14(16)15(13)19-11-6-4-3-5-10-18/h7-9,17-18H,2-6,10-12H2,1H3. The summed E-state index contributed by atoms with van der Waals surface area (Å²) in [6.45, 7) is 4.23. The molecule has 0 aliphatic heterocycles. The second-order valence-corrected chi connectivity index (χ2v) is 4.49. The van der Waals surface area contributed by atoms with Gasteiger partial charge in [0.2, 0.25) is 0 Å². The summed E-state index contributed by atoms with van der Waals surface area (Å²) in [6, 6.07) is 5.01. The van der Waals surface area contributed by atoms with E-state index in [9.17, 15) is 4.39 Å². The number of rotatable bonds is 10. The molecule has 19 heavy (non-hydrogen) atoms. The van der Waals surface area contributed by atoms with Crippen molar-refractivity contribution in [2.24, 2.45) is 0 Å². The average molecular weight is 269 g/mol. The van der Waals surface area contributed by atoms with Gasteiger partial charge in [-0.3, -0.25) is 0 Å². The highest BCUT2D eigenvalue weighted by Gasteiger charge is 2.09. The number of ether oxygens (including phenoxy) is 1. The number of hydrogen-bond donors (Lipinski definition) is 2. The van der Waals surface area contributed by atoms with E-state index < -0.39 is 0 Å². The Bertz CT molecular complexity index is 358. The van der Waals surface area contributed by atoms with Gasteiger partial charge in [-0.05, 0) is 31.9 Å². The molecule has 0 aliphatic rings. The Hall–Kier alpha value is -1.13. The van der Waals surface area contributed by atoms with Crippen LogP contribution in [0.15, 0.2) is 18.2 Å². The van der Waals surface area contributed by atoms with Crippen LogP contribution in [0.3, 0.4) is 0 Å². The third-order valence-corrected chi connectivity index (χ3v) is 2.91. The van der Waals surface area contributed by atoms with Crippen LogP contribution in [0.4, 0.5) is 4.39 Å². The fraction of sp³-hybridized carbons (Fsp3) is 0.600. The van der Waals surface area contributed by atoms with E-state index in [4.69, 9.17) is 9.84 Å². The van der Waals surface area contributed by atoms with E-state index in [1.807, 2.05) is 13.0 Å². The normalized spacial score (nSPS) is 10.7. The molecule has 108 valence electrons. The van der Waals surface area contributed by atoms with Gasteiger partial charge < -0.3 is 15.2 Å². The SMILES string of the molecule is CCNCc1cccc(F)c1OCCCCCCO. The van der Waals surface area contributed by atoms with Crippen molar-refractivity contribution in [1.29, 1.82) is 0 Å². The first-order chi connectivity index (χ1) is 9.29. The van der Waals surface area contributed by atoms with Crippen LogP contribution in [-0.4, -0.2) is 24.9 Å². The molecule has 0 spiro atoms. The third kappa shape index (κ3) is 6.03. The third-order valence-electron chi connectivity index (χ3n) is 2.91. The summed E-state index contributed by atoms with van der Waals surface area (Å²) < 4.78 is 19.3. The van der Waals surface area contributed by atoms with Crippen molar-refractivity contribution in [1.82, 2.24) is 5.32 Å². The summed E-state index contributed by atoms with van der Waals surface area (Å²) in [5.41, 5.74) is 0.859. The number of hydrogen-bond acceptors (Lipinski definition) is 3. The number of unbranched alkanes of at least 4 members (excludes halogenated alkanes) is 3. The average Bonchev–Trinajstić information content (AvgIpc) is 2.42. The Balaban J connectivity index is 2.42. The molecule has 0 aromatic heterocycles. The van der Waals surface area contributed by atoms with Crippen LogP contribution in [0.2, 0.25) is 0 Å². The van der Waals surface area contributed by atoms with Gasteiger partial charge in [0.05, 0.1) is 6.61 Å². The zero-order valence-electron chi connectivity index (χ0n) is 11.6. The van der Waals surface area contributed by atoms with Crippen LogP contribution < -0.4 is 10.1 Å². The molecule has 0 fully saturated rings. The number of para-hydroxylation sites is 1. The quantitative estimate of drug-likeness (QED) is 0.642. The minimum absolute atomic E-state index is 0.237. The zero-order chi connectivity index (χ0) is 13.9. The molecule has 0 atom stereocenters. The molecular formula is C15H24FNO2. The van der Waals surface area contributed by atoms with Crippen molar-refractivity contribution in [3.8, 4) is 5.75 Å². The maximum absolute atomic E-state index is 13.7. The highest BCUT2D eigenvalue weighted by Crippen LogP contribution is 2.23. The fourth-order valence-electron chi connectivity index (χ4n) is 1.86. The Morgan fingerprint density at radius 1 is 1.21 bits per heavy atom. The lowest BCUT2D eigenvalue weighted by molar-refractivity contribution is 0.268. The highest BCUT2D eigenvalue weighted by atomic mass is 19.1. The molecular weight excluding hydrogens is 245 g/mol. The first-order valence-corrected chi connectivity index (χ1v) is 7.01. The highest BCUT2D eigenvalue weighted by molar-refractivity contribution is 5.34. The van der Waals surface area contributed by atoms with E-state index in [0.29, 0.717) is 18.9 Å². The smallest absolute Gasteiger partial charge is 0.165 e. The van der Waals surface area contributed by atoms with E-state index in [2.05, 4.69) is 5.32 Å². The molecule has 1 aromatic carbocycles. The zero-order valence-corrected chi connectivity index (χ0v) is 11.6. The monoisotopic (exact) mass is 269 g/mol. The predicted octanol–water partition coefficient (Wildman–Crippen LogP) is 2.87. The molecule has 3 nitrogen and oxygen atoms in total. The van der Waals surface area contributed by atoms with Gasteiger partial charge in [-0.15, -0.1) is 0 Å². The Morgan fingerprint density at radius 2 is 2.00 bits per heavy atom. The van der Waals surface area contributed by atoms with Gasteiger partial charge in [-0.25, -0.2) is 4.39 Å². The largest absolute Gasteiger partial charge is 0.490 e. The van der Waals surface area contributed by atoms with Crippen molar-refractivity contribution in [3.63, 3.8) is 0 Å². The molecule has 0 heterocycles. The van der Waals surface area contributed by atoms with Gasteiger partial charge in [0.25, 0.3) is 0 Å². The number of halogens is 1. The summed E-state index contributed by atoms with van der Waals surface area (Å²) in [6.07, 6.45) is 3.69. The molecule has 0 saturated heterocycles. The van der Waals surface area contributed by atoms with E-state index in [0.717, 1.165) is 37.8 Å². The number of nitrogens with one attached hydrogen (secondary N) is 1. The molecule has 0 amide bonds. The summed E-state index contributed by atoms with van der Waals surface area (Å²) >= 11 is 0. The fourth-order valence-corrected chi connectivity index (χ4v) is 1.86. The number of aliphatic hydroxyl groups is 1. The summed E-state index contributed by atoms with van der Waals surface area (Å²) in [4.78, 5) is 0. The molecule has 1 aromatic rings. The minimum atomic E-state index is -0.300. The van der Waals surface area contributed by atoms with Crippen LogP contribution in [-0.2, 0) is 6.54 Å². The molecule has 0 aliphatic carbocycles. The molecule has 0 radical (unpaired) electrons. The molecule has 0 unspecified atom stereocenters. The number of benzene rings is 1. The van der Waals surface area contributed by atoms with Crippen molar-refractivity contribution in [2.75, 3.05) is 19.8 Å². The molecule has 4 heteroatoms. The van der Waals surface area contributed by atoms with Crippen LogP contribution in [0.5, 0.6) is 5.75 Å². The number of aliphatic hydroxyl groups excluding tert-OH is 1. The van der Waals surface area contributed by atoms with E-state index in [-0.39, 0.29) is 12.4 Å². The maximum atomic E-state index is 13.7. The van der Waals surface area contributed by atoms with E-state index >= 15 is 0 Å².